The minimum atomic E-state index is 0.288. The molecule has 0 saturated carbocycles. The molecule has 0 spiro atoms. The van der Waals surface area contributed by atoms with E-state index in [9.17, 15) is 0 Å². The average Bonchev–Trinajstić information content (AvgIpc) is 2.97. The Morgan fingerprint density at radius 3 is 3.05 bits per heavy atom. The predicted molar refractivity (Wildman–Crippen MR) is 75.6 cm³/mol. The SMILES string of the molecule is CNC1CCCc2ccc(OCC3CCCO3)cc21. The van der Waals surface area contributed by atoms with Gasteiger partial charge in [-0.1, -0.05) is 6.07 Å². The zero-order chi connectivity index (χ0) is 13.1. The molecule has 2 atom stereocenters. The highest BCUT2D eigenvalue weighted by Gasteiger charge is 2.20. The van der Waals surface area contributed by atoms with Crippen LogP contribution in [0.3, 0.4) is 0 Å². The van der Waals surface area contributed by atoms with Gasteiger partial charge in [-0.15, -0.1) is 0 Å². The summed E-state index contributed by atoms with van der Waals surface area (Å²) in [5.74, 6) is 0.983. The summed E-state index contributed by atoms with van der Waals surface area (Å²) < 4.78 is 11.5. The van der Waals surface area contributed by atoms with Crippen LogP contribution < -0.4 is 10.1 Å². The molecule has 0 radical (unpaired) electrons. The second kappa shape index (κ2) is 5.93. The molecule has 1 heterocycles. The number of benzene rings is 1. The number of aryl methyl sites for hydroxylation is 1. The fraction of sp³-hybridized carbons (Fsp3) is 0.625. The first kappa shape index (κ1) is 12.9. The monoisotopic (exact) mass is 261 g/mol. The standard InChI is InChI=1S/C16H23NO2/c1-17-16-6-2-4-12-7-8-13(10-15(12)16)19-11-14-5-3-9-18-14/h7-8,10,14,16-17H,2-6,9,11H2,1H3. The highest BCUT2D eigenvalue weighted by molar-refractivity contribution is 5.39. The second-order valence-corrected chi connectivity index (χ2v) is 5.54. The van der Waals surface area contributed by atoms with E-state index in [1.807, 2.05) is 7.05 Å². The lowest BCUT2D eigenvalue weighted by molar-refractivity contribution is 0.0679. The number of fused-ring (bicyclic) bond motifs is 1. The highest BCUT2D eigenvalue weighted by Crippen LogP contribution is 2.32. The van der Waals surface area contributed by atoms with E-state index in [4.69, 9.17) is 9.47 Å². The molecule has 0 amide bonds. The van der Waals surface area contributed by atoms with Crippen LogP contribution in [0.15, 0.2) is 18.2 Å². The molecule has 1 aromatic rings. The molecule has 1 aliphatic carbocycles. The smallest absolute Gasteiger partial charge is 0.119 e. The molecular weight excluding hydrogens is 238 g/mol. The van der Waals surface area contributed by atoms with E-state index >= 15 is 0 Å². The summed E-state index contributed by atoms with van der Waals surface area (Å²) in [7, 11) is 2.04. The van der Waals surface area contributed by atoms with Crippen LogP contribution in [0.5, 0.6) is 5.75 Å². The first-order valence-corrected chi connectivity index (χ1v) is 7.41. The van der Waals surface area contributed by atoms with Crippen molar-refractivity contribution < 1.29 is 9.47 Å². The van der Waals surface area contributed by atoms with E-state index in [0.29, 0.717) is 12.6 Å². The Morgan fingerprint density at radius 2 is 2.26 bits per heavy atom. The van der Waals surface area contributed by atoms with E-state index in [1.165, 1.54) is 36.8 Å². The van der Waals surface area contributed by atoms with Gasteiger partial charge in [0.25, 0.3) is 0 Å². The molecule has 1 aliphatic heterocycles. The van der Waals surface area contributed by atoms with Crippen LogP contribution in [0.25, 0.3) is 0 Å². The predicted octanol–water partition coefficient (Wildman–Crippen LogP) is 2.84. The van der Waals surface area contributed by atoms with Crippen LogP contribution in [-0.4, -0.2) is 26.4 Å². The Hall–Kier alpha value is -1.06. The third-order valence-corrected chi connectivity index (χ3v) is 4.24. The Labute approximate surface area is 115 Å². The molecule has 19 heavy (non-hydrogen) atoms. The van der Waals surface area contributed by atoms with Gasteiger partial charge in [-0.25, -0.2) is 0 Å². The Kier molecular flexibility index (Phi) is 4.04. The summed E-state index contributed by atoms with van der Waals surface area (Å²) in [4.78, 5) is 0. The first-order chi connectivity index (χ1) is 9.36. The minimum Gasteiger partial charge on any atom is -0.491 e. The van der Waals surface area contributed by atoms with Gasteiger partial charge in [-0.05, 0) is 62.4 Å². The van der Waals surface area contributed by atoms with E-state index < -0.39 is 0 Å². The summed E-state index contributed by atoms with van der Waals surface area (Å²) >= 11 is 0. The normalized spacial score (nSPS) is 26.2. The van der Waals surface area contributed by atoms with Crippen molar-refractivity contribution >= 4 is 0 Å². The van der Waals surface area contributed by atoms with Crippen molar-refractivity contribution in [3.63, 3.8) is 0 Å². The molecule has 3 heteroatoms. The minimum absolute atomic E-state index is 0.288. The molecular formula is C16H23NO2. The number of hydrogen-bond acceptors (Lipinski definition) is 3. The van der Waals surface area contributed by atoms with Crippen LogP contribution in [0.4, 0.5) is 0 Å². The molecule has 1 aromatic carbocycles. The quantitative estimate of drug-likeness (QED) is 0.904. The van der Waals surface area contributed by atoms with Crippen LogP contribution in [0, 0.1) is 0 Å². The van der Waals surface area contributed by atoms with Gasteiger partial charge in [0, 0.05) is 12.6 Å². The lowest BCUT2D eigenvalue weighted by Gasteiger charge is -2.25. The molecule has 104 valence electrons. The van der Waals surface area contributed by atoms with Crippen LogP contribution in [0.2, 0.25) is 0 Å². The molecule has 3 nitrogen and oxygen atoms in total. The summed E-state index contributed by atoms with van der Waals surface area (Å²) in [6.45, 7) is 1.57. The van der Waals surface area contributed by atoms with Gasteiger partial charge in [-0.2, -0.15) is 0 Å². The summed E-state index contributed by atoms with van der Waals surface area (Å²) in [6.07, 6.45) is 6.27. The van der Waals surface area contributed by atoms with Gasteiger partial charge in [-0.3, -0.25) is 0 Å². The summed E-state index contributed by atoms with van der Waals surface area (Å²) in [6, 6.07) is 7.02. The number of hydrogen-bond donors (Lipinski definition) is 1. The fourth-order valence-corrected chi connectivity index (χ4v) is 3.13. The zero-order valence-electron chi connectivity index (χ0n) is 11.7. The van der Waals surface area contributed by atoms with Crippen molar-refractivity contribution in [1.29, 1.82) is 0 Å². The molecule has 1 fully saturated rings. The molecule has 1 saturated heterocycles. The third-order valence-electron chi connectivity index (χ3n) is 4.24. The molecule has 3 rings (SSSR count). The summed E-state index contributed by atoms with van der Waals surface area (Å²) in [5, 5.41) is 3.40. The average molecular weight is 261 g/mol. The second-order valence-electron chi connectivity index (χ2n) is 5.54. The van der Waals surface area contributed by atoms with Crippen molar-refractivity contribution in [1.82, 2.24) is 5.32 Å². The first-order valence-electron chi connectivity index (χ1n) is 7.41. The van der Waals surface area contributed by atoms with Gasteiger partial charge in [0.15, 0.2) is 0 Å². The van der Waals surface area contributed by atoms with Crippen LogP contribution >= 0.6 is 0 Å². The maximum Gasteiger partial charge on any atom is 0.119 e. The maximum atomic E-state index is 5.90. The Morgan fingerprint density at radius 1 is 1.32 bits per heavy atom. The lowest BCUT2D eigenvalue weighted by atomic mass is 9.87. The number of rotatable bonds is 4. The summed E-state index contributed by atoms with van der Waals surface area (Å²) in [5.41, 5.74) is 2.88. The largest absolute Gasteiger partial charge is 0.491 e. The molecule has 0 aromatic heterocycles. The van der Waals surface area contributed by atoms with E-state index in [-0.39, 0.29) is 6.10 Å². The van der Waals surface area contributed by atoms with Gasteiger partial charge in [0.2, 0.25) is 0 Å². The Balaban J connectivity index is 1.68. The topological polar surface area (TPSA) is 30.5 Å². The molecule has 0 bridgehead atoms. The van der Waals surface area contributed by atoms with Crippen LogP contribution in [0.1, 0.15) is 42.9 Å². The van der Waals surface area contributed by atoms with Crippen molar-refractivity contribution in [2.45, 2.75) is 44.2 Å². The molecule has 1 N–H and O–H groups in total. The van der Waals surface area contributed by atoms with Crippen molar-refractivity contribution in [3.8, 4) is 5.75 Å². The van der Waals surface area contributed by atoms with E-state index in [0.717, 1.165) is 18.8 Å². The van der Waals surface area contributed by atoms with Gasteiger partial charge in [0.1, 0.15) is 12.4 Å². The molecule has 2 aliphatic rings. The van der Waals surface area contributed by atoms with Crippen LogP contribution in [-0.2, 0) is 11.2 Å². The zero-order valence-corrected chi connectivity index (χ0v) is 11.7. The third kappa shape index (κ3) is 2.93. The fourth-order valence-electron chi connectivity index (χ4n) is 3.13. The van der Waals surface area contributed by atoms with Gasteiger partial charge in [0.05, 0.1) is 6.10 Å². The number of ether oxygens (including phenoxy) is 2. The Bertz CT molecular complexity index is 427. The van der Waals surface area contributed by atoms with E-state index in [1.54, 1.807) is 0 Å². The van der Waals surface area contributed by atoms with Gasteiger partial charge < -0.3 is 14.8 Å². The molecule has 2 unspecified atom stereocenters. The lowest BCUT2D eigenvalue weighted by Crippen LogP contribution is -2.22. The maximum absolute atomic E-state index is 5.90. The highest BCUT2D eigenvalue weighted by atomic mass is 16.5. The van der Waals surface area contributed by atoms with E-state index in [2.05, 4.69) is 23.5 Å². The van der Waals surface area contributed by atoms with Crippen molar-refractivity contribution in [2.75, 3.05) is 20.3 Å². The number of nitrogens with one attached hydrogen (secondary N) is 1. The van der Waals surface area contributed by atoms with Gasteiger partial charge >= 0.3 is 0 Å². The van der Waals surface area contributed by atoms with Crippen molar-refractivity contribution in [2.24, 2.45) is 0 Å². The van der Waals surface area contributed by atoms with Crippen molar-refractivity contribution in [3.05, 3.63) is 29.3 Å².